The number of likely N-dealkylation sites (tertiary alicyclic amines) is 1. The van der Waals surface area contributed by atoms with Crippen LogP contribution in [0.5, 0.6) is 0 Å². The number of hydrogen-bond acceptors (Lipinski definition) is 6. The van der Waals surface area contributed by atoms with Gasteiger partial charge in [-0.25, -0.2) is 9.59 Å². The summed E-state index contributed by atoms with van der Waals surface area (Å²) in [6.45, 7) is 8.97. The van der Waals surface area contributed by atoms with Gasteiger partial charge in [0.2, 0.25) is 5.91 Å². The predicted octanol–water partition coefficient (Wildman–Crippen LogP) is 3.14. The highest BCUT2D eigenvalue weighted by Gasteiger charge is 2.41. The molecule has 0 bridgehead atoms. The van der Waals surface area contributed by atoms with Crippen molar-refractivity contribution in [1.29, 1.82) is 0 Å². The fourth-order valence-corrected chi connectivity index (χ4v) is 3.66. The van der Waals surface area contributed by atoms with Gasteiger partial charge in [-0.1, -0.05) is 37.4 Å². The molecule has 2 rings (SSSR count). The molecule has 1 fully saturated rings. The number of benzene rings is 1. The minimum Gasteiger partial charge on any atom is -0.458 e. The van der Waals surface area contributed by atoms with E-state index in [1.165, 1.54) is 17.1 Å². The van der Waals surface area contributed by atoms with Gasteiger partial charge in [-0.3, -0.25) is 14.5 Å². The first kappa shape index (κ1) is 24.2. The average Bonchev–Trinajstić information content (AvgIpc) is 3.14. The number of aryl methyl sites for hydroxylation is 1. The summed E-state index contributed by atoms with van der Waals surface area (Å²) in [5.74, 6) is -1.33. The maximum Gasteiger partial charge on any atom is 0.410 e. The number of para-hydroxylation sites is 1. The molecule has 1 aliphatic heterocycles. The lowest BCUT2D eigenvalue weighted by atomic mass is 10.0. The lowest BCUT2D eigenvalue weighted by Gasteiger charge is -2.24. The van der Waals surface area contributed by atoms with E-state index in [0.29, 0.717) is 11.3 Å². The van der Waals surface area contributed by atoms with Crippen LogP contribution in [0.15, 0.2) is 43.5 Å². The van der Waals surface area contributed by atoms with Crippen molar-refractivity contribution < 1.29 is 28.7 Å². The molecule has 1 aliphatic rings. The van der Waals surface area contributed by atoms with Crippen LogP contribution < -0.4 is 5.32 Å². The maximum atomic E-state index is 13.1. The molecule has 9 heteroatoms. The summed E-state index contributed by atoms with van der Waals surface area (Å²) in [5, 5.41) is 2.43. The summed E-state index contributed by atoms with van der Waals surface area (Å²) < 4.78 is 10.2. The Labute approximate surface area is 186 Å². The minimum absolute atomic E-state index is 0.00305. The molecule has 1 aromatic rings. The molecule has 0 radical (unpaired) electrons. The van der Waals surface area contributed by atoms with E-state index in [9.17, 15) is 19.2 Å². The highest BCUT2D eigenvalue weighted by molar-refractivity contribution is 7.96. The third-order valence-corrected chi connectivity index (χ3v) is 4.97. The van der Waals surface area contributed by atoms with Gasteiger partial charge < -0.3 is 14.8 Å². The van der Waals surface area contributed by atoms with Crippen LogP contribution >= 0.6 is 12.6 Å². The molecule has 0 aliphatic carbocycles. The molecular formula is C22H26N2O6S. The second-order valence-corrected chi connectivity index (χ2v) is 7.61. The van der Waals surface area contributed by atoms with Gasteiger partial charge in [0.1, 0.15) is 19.3 Å². The number of carbonyl (C=O) groups excluding carboxylic acids is 4. The van der Waals surface area contributed by atoms with Crippen molar-refractivity contribution in [1.82, 2.24) is 4.90 Å². The fourth-order valence-electron chi connectivity index (χ4n) is 3.40. The first-order valence-electron chi connectivity index (χ1n) is 9.73. The summed E-state index contributed by atoms with van der Waals surface area (Å²) >= 11 is 3.80. The van der Waals surface area contributed by atoms with Crippen LogP contribution in [0.25, 0.3) is 0 Å². The Morgan fingerprint density at radius 1 is 1.19 bits per heavy atom. The summed E-state index contributed by atoms with van der Waals surface area (Å²) in [4.78, 5) is 50.7. The average molecular weight is 447 g/mol. The van der Waals surface area contributed by atoms with Crippen LogP contribution in [0.4, 0.5) is 10.5 Å². The van der Waals surface area contributed by atoms with Crippen LogP contribution in [0.2, 0.25) is 0 Å². The molecule has 1 heterocycles. The van der Waals surface area contributed by atoms with Crippen LogP contribution in [0.3, 0.4) is 0 Å². The van der Waals surface area contributed by atoms with Gasteiger partial charge in [-0.05, 0) is 30.9 Å². The van der Waals surface area contributed by atoms with Crippen LogP contribution in [-0.4, -0.2) is 53.8 Å². The lowest BCUT2D eigenvalue weighted by Crippen LogP contribution is -2.43. The predicted molar refractivity (Wildman–Crippen MR) is 119 cm³/mol. The Morgan fingerprint density at radius 2 is 1.87 bits per heavy atom. The topological polar surface area (TPSA) is 102 Å². The first-order chi connectivity index (χ1) is 14.8. The first-order valence-corrected chi connectivity index (χ1v) is 10.2. The molecule has 31 heavy (non-hydrogen) atoms. The summed E-state index contributed by atoms with van der Waals surface area (Å²) in [6, 6.07) is 4.10. The molecule has 2 atom stereocenters. The van der Waals surface area contributed by atoms with Crippen LogP contribution in [-0.2, 0) is 19.1 Å². The van der Waals surface area contributed by atoms with Crippen molar-refractivity contribution in [2.24, 2.45) is 5.92 Å². The Bertz CT molecular complexity index is 885. The van der Waals surface area contributed by atoms with Crippen molar-refractivity contribution in [3.63, 3.8) is 0 Å². The normalized spacial score (nSPS) is 17.5. The van der Waals surface area contributed by atoms with Crippen LogP contribution in [0.1, 0.15) is 28.8 Å². The molecule has 0 spiro atoms. The zero-order chi connectivity index (χ0) is 23.0. The van der Waals surface area contributed by atoms with Crippen molar-refractivity contribution in [3.05, 3.63) is 54.6 Å². The number of esters is 1. The van der Waals surface area contributed by atoms with Crippen molar-refractivity contribution in [3.8, 4) is 0 Å². The van der Waals surface area contributed by atoms with E-state index in [-0.39, 0.29) is 49.2 Å². The van der Waals surface area contributed by atoms with Gasteiger partial charge in [0.05, 0.1) is 11.3 Å². The molecule has 1 aromatic carbocycles. The number of thiol groups is 1. The standard InChI is InChI=1S/C22H26N2O6S/c1-4-9-29-21(27)16-8-6-7-14(3)19(16)23-20(26)17-11-15(12-18(25)31)13-24(17)22(28)30-10-5-2/h4-8,15,17H,1-2,9-13H2,3H3,(H,23,26)(H,25,31)/t15-,17-/m0/s1. The number of hydrogen-bond donors (Lipinski definition) is 2. The lowest BCUT2D eigenvalue weighted by molar-refractivity contribution is -0.120. The minimum atomic E-state index is -0.869. The number of carbonyl (C=O) groups is 4. The van der Waals surface area contributed by atoms with Gasteiger partial charge in [0, 0.05) is 13.0 Å². The van der Waals surface area contributed by atoms with E-state index in [0.717, 1.165) is 0 Å². The highest BCUT2D eigenvalue weighted by atomic mass is 32.1. The quantitative estimate of drug-likeness (QED) is 0.343. The van der Waals surface area contributed by atoms with Crippen molar-refractivity contribution >= 4 is 41.4 Å². The van der Waals surface area contributed by atoms with Gasteiger partial charge in [-0.15, -0.1) is 12.6 Å². The monoisotopic (exact) mass is 446 g/mol. The number of anilines is 1. The number of nitrogens with one attached hydrogen (secondary N) is 1. The molecule has 0 saturated carbocycles. The van der Waals surface area contributed by atoms with Gasteiger partial charge in [0.15, 0.2) is 5.12 Å². The number of rotatable bonds is 9. The smallest absolute Gasteiger partial charge is 0.410 e. The molecule has 1 saturated heterocycles. The zero-order valence-corrected chi connectivity index (χ0v) is 18.2. The Morgan fingerprint density at radius 3 is 2.52 bits per heavy atom. The Hall–Kier alpha value is -3.07. The van der Waals surface area contributed by atoms with Gasteiger partial charge >= 0.3 is 12.1 Å². The Balaban J connectivity index is 2.26. The van der Waals surface area contributed by atoms with E-state index >= 15 is 0 Å². The molecule has 0 aromatic heterocycles. The highest BCUT2D eigenvalue weighted by Crippen LogP contribution is 2.29. The maximum absolute atomic E-state index is 13.1. The SMILES string of the molecule is C=CCOC(=O)c1cccc(C)c1NC(=O)[C@@H]1C[C@@H](CC(=O)S)CN1C(=O)OCC=C. The third-order valence-electron chi connectivity index (χ3n) is 4.79. The summed E-state index contributed by atoms with van der Waals surface area (Å²) in [6.07, 6.45) is 2.58. The van der Waals surface area contributed by atoms with E-state index in [2.05, 4.69) is 31.1 Å². The number of nitrogens with zero attached hydrogens (tertiary/aromatic N) is 1. The van der Waals surface area contributed by atoms with Crippen molar-refractivity contribution in [2.75, 3.05) is 25.1 Å². The Kier molecular flexibility index (Phi) is 8.87. The van der Waals surface area contributed by atoms with Gasteiger partial charge in [-0.2, -0.15) is 0 Å². The van der Waals surface area contributed by atoms with Gasteiger partial charge in [0.25, 0.3) is 0 Å². The third kappa shape index (κ3) is 6.45. The molecule has 166 valence electrons. The van der Waals surface area contributed by atoms with E-state index in [4.69, 9.17) is 9.47 Å². The molecule has 8 nitrogen and oxygen atoms in total. The fraction of sp³-hybridized carbons (Fsp3) is 0.364. The van der Waals surface area contributed by atoms with Crippen molar-refractivity contribution in [2.45, 2.75) is 25.8 Å². The zero-order valence-electron chi connectivity index (χ0n) is 17.3. The van der Waals surface area contributed by atoms with E-state index < -0.39 is 24.0 Å². The molecule has 2 amide bonds. The molecule has 1 N–H and O–H groups in total. The number of ether oxygens (including phenoxy) is 2. The van der Waals surface area contributed by atoms with E-state index in [1.54, 1.807) is 25.1 Å². The van der Waals surface area contributed by atoms with Crippen LogP contribution in [0, 0.1) is 12.8 Å². The largest absolute Gasteiger partial charge is 0.458 e. The molecular weight excluding hydrogens is 420 g/mol. The number of amides is 2. The second-order valence-electron chi connectivity index (χ2n) is 7.11. The molecule has 0 unspecified atom stereocenters. The summed E-state index contributed by atoms with van der Waals surface area (Å²) in [5.41, 5.74) is 1.15. The van der Waals surface area contributed by atoms with E-state index in [1.807, 2.05) is 0 Å². The summed E-state index contributed by atoms with van der Waals surface area (Å²) in [7, 11) is 0. The second kappa shape index (κ2) is 11.4.